The maximum absolute atomic E-state index is 13.0. The minimum Gasteiger partial charge on any atom is -0.366 e. The summed E-state index contributed by atoms with van der Waals surface area (Å²) in [6, 6.07) is 14.0. The van der Waals surface area contributed by atoms with Crippen LogP contribution in [0.3, 0.4) is 0 Å². The highest BCUT2D eigenvalue weighted by molar-refractivity contribution is 7.14. The van der Waals surface area contributed by atoms with Crippen LogP contribution in [0.25, 0.3) is 11.3 Å². The molecule has 2 aliphatic rings. The highest BCUT2D eigenvalue weighted by Crippen LogP contribution is 2.26. The number of rotatable bonds is 8. The quantitative estimate of drug-likeness (QED) is 0.416. The average Bonchev–Trinajstić information content (AvgIpc) is 3.36. The number of carbonyl (C=O) groups excluding carboxylic acids is 4. The van der Waals surface area contributed by atoms with Gasteiger partial charge < -0.3 is 20.7 Å². The minimum absolute atomic E-state index is 0.0810. The summed E-state index contributed by atoms with van der Waals surface area (Å²) in [5.74, 6) is -1.57. The van der Waals surface area contributed by atoms with E-state index in [1.54, 1.807) is 41.8 Å². The van der Waals surface area contributed by atoms with Gasteiger partial charge in [0.2, 0.25) is 18.0 Å². The first kappa shape index (κ1) is 24.6. The van der Waals surface area contributed by atoms with E-state index >= 15 is 0 Å². The first-order valence-electron chi connectivity index (χ1n) is 11.9. The molecule has 0 radical (unpaired) electrons. The number of thiazole rings is 1. The van der Waals surface area contributed by atoms with Crippen LogP contribution in [0.2, 0.25) is 0 Å². The Morgan fingerprint density at radius 3 is 2.57 bits per heavy atom. The number of carbonyl (C=O) groups is 4. The molecule has 4 N–H and O–H groups in total. The molecule has 2 aromatic carbocycles. The second-order valence-electron chi connectivity index (χ2n) is 8.86. The number of amides is 4. The molecule has 10 nitrogen and oxygen atoms in total. The van der Waals surface area contributed by atoms with Crippen molar-refractivity contribution in [1.29, 1.82) is 0 Å². The molecular weight excluding hydrogens is 494 g/mol. The van der Waals surface area contributed by atoms with E-state index in [2.05, 4.69) is 15.6 Å². The molecule has 1 aliphatic heterocycles. The van der Waals surface area contributed by atoms with Crippen molar-refractivity contribution < 1.29 is 23.9 Å². The Morgan fingerprint density at radius 1 is 1.08 bits per heavy atom. The molecule has 3 aromatic rings. The molecule has 1 atom stereocenters. The van der Waals surface area contributed by atoms with Gasteiger partial charge in [0, 0.05) is 34.7 Å². The molecule has 1 saturated heterocycles. The van der Waals surface area contributed by atoms with Crippen molar-refractivity contribution in [2.24, 2.45) is 5.73 Å². The highest BCUT2D eigenvalue weighted by atomic mass is 32.1. The van der Waals surface area contributed by atoms with Gasteiger partial charge in [0.1, 0.15) is 0 Å². The smallest absolute Gasteiger partial charge is 0.276 e. The van der Waals surface area contributed by atoms with Crippen LogP contribution in [-0.4, -0.2) is 58.9 Å². The van der Waals surface area contributed by atoms with Crippen LogP contribution in [0.5, 0.6) is 0 Å². The molecule has 11 heteroatoms. The molecule has 2 heterocycles. The van der Waals surface area contributed by atoms with Crippen molar-refractivity contribution in [3.05, 3.63) is 70.6 Å². The van der Waals surface area contributed by atoms with Crippen LogP contribution in [0.4, 0.5) is 5.13 Å². The summed E-state index contributed by atoms with van der Waals surface area (Å²) < 4.78 is 5.54. The number of nitrogens with zero attached hydrogens (tertiary/aromatic N) is 2. The highest BCUT2D eigenvalue weighted by Gasteiger charge is 2.36. The number of hydrogen-bond donors (Lipinski definition) is 3. The molecule has 0 unspecified atom stereocenters. The number of ether oxygens (including phenoxy) is 1. The van der Waals surface area contributed by atoms with E-state index in [0.29, 0.717) is 22.0 Å². The molecule has 190 valence electrons. The van der Waals surface area contributed by atoms with Crippen molar-refractivity contribution in [2.45, 2.75) is 31.5 Å². The van der Waals surface area contributed by atoms with E-state index in [1.807, 2.05) is 12.1 Å². The third-order valence-electron chi connectivity index (χ3n) is 6.15. The van der Waals surface area contributed by atoms with Crippen molar-refractivity contribution in [3.63, 3.8) is 0 Å². The molecule has 1 saturated carbocycles. The fourth-order valence-electron chi connectivity index (χ4n) is 4.04. The Morgan fingerprint density at radius 2 is 1.84 bits per heavy atom. The number of primary amides is 1. The van der Waals surface area contributed by atoms with Crippen LogP contribution in [0, 0.1) is 0 Å². The van der Waals surface area contributed by atoms with Crippen LogP contribution >= 0.6 is 11.3 Å². The van der Waals surface area contributed by atoms with Gasteiger partial charge in [-0.3, -0.25) is 24.5 Å². The van der Waals surface area contributed by atoms with Crippen LogP contribution in [-0.2, 0) is 20.7 Å². The number of aromatic nitrogens is 1. The van der Waals surface area contributed by atoms with E-state index in [9.17, 15) is 19.2 Å². The summed E-state index contributed by atoms with van der Waals surface area (Å²) in [5.41, 5.74) is 8.21. The zero-order valence-corrected chi connectivity index (χ0v) is 20.6. The molecule has 37 heavy (non-hydrogen) atoms. The number of nitrogens with one attached hydrogen (secondary N) is 2. The third kappa shape index (κ3) is 5.68. The predicted octanol–water partition coefficient (Wildman–Crippen LogP) is 2.17. The standard InChI is InChI=1S/C26H25N5O5S/c27-22(33)19-4-2-1-3-17(19)13-21(32)31-11-12-36-25(31)24(35)30-26-29-20(14-37-26)15-5-7-16(8-6-15)23(34)28-18-9-10-18/h1-8,14,18,25H,9-13H2,(H2,27,33)(H,28,34)(H,29,30,35)/t25-/m0/s1. The molecule has 2 fully saturated rings. The average molecular weight is 520 g/mol. The van der Waals surface area contributed by atoms with Gasteiger partial charge in [-0.1, -0.05) is 30.3 Å². The van der Waals surface area contributed by atoms with E-state index in [4.69, 9.17) is 10.5 Å². The van der Waals surface area contributed by atoms with Crippen molar-refractivity contribution >= 4 is 40.1 Å². The lowest BCUT2D eigenvalue weighted by atomic mass is 10.0. The van der Waals surface area contributed by atoms with Crippen LogP contribution in [0.15, 0.2) is 53.9 Å². The minimum atomic E-state index is -1.11. The molecule has 1 aromatic heterocycles. The molecule has 4 amide bonds. The Hall–Kier alpha value is -4.09. The first-order chi connectivity index (χ1) is 17.9. The van der Waals surface area contributed by atoms with Crippen molar-refractivity contribution in [1.82, 2.24) is 15.2 Å². The van der Waals surface area contributed by atoms with Crippen molar-refractivity contribution in [2.75, 3.05) is 18.5 Å². The first-order valence-corrected chi connectivity index (χ1v) is 12.7. The van der Waals surface area contributed by atoms with Gasteiger partial charge in [-0.2, -0.15) is 0 Å². The zero-order chi connectivity index (χ0) is 25.9. The lowest BCUT2D eigenvalue weighted by Gasteiger charge is -2.22. The maximum Gasteiger partial charge on any atom is 0.276 e. The summed E-state index contributed by atoms with van der Waals surface area (Å²) in [4.78, 5) is 55.6. The molecule has 0 spiro atoms. The van der Waals surface area contributed by atoms with Crippen LogP contribution in [0.1, 0.15) is 39.1 Å². The van der Waals surface area contributed by atoms with Gasteiger partial charge in [-0.25, -0.2) is 4.98 Å². The predicted molar refractivity (Wildman–Crippen MR) is 137 cm³/mol. The summed E-state index contributed by atoms with van der Waals surface area (Å²) in [5, 5.41) is 7.83. The third-order valence-corrected chi connectivity index (χ3v) is 6.91. The fraction of sp³-hybridized carbons (Fsp3) is 0.269. The summed E-state index contributed by atoms with van der Waals surface area (Å²) >= 11 is 1.24. The molecule has 0 bridgehead atoms. The Balaban J connectivity index is 1.21. The fourth-order valence-corrected chi connectivity index (χ4v) is 4.76. The van der Waals surface area contributed by atoms with Crippen LogP contribution < -0.4 is 16.4 Å². The second kappa shape index (κ2) is 10.5. The van der Waals surface area contributed by atoms with E-state index in [0.717, 1.165) is 18.4 Å². The van der Waals surface area contributed by atoms with Gasteiger partial charge >= 0.3 is 0 Å². The SMILES string of the molecule is NC(=O)c1ccccc1CC(=O)N1CCO[C@H]1C(=O)Nc1nc(-c2ccc(C(=O)NC3CC3)cc2)cs1. The Bertz CT molecular complexity index is 1350. The largest absolute Gasteiger partial charge is 0.366 e. The zero-order valence-electron chi connectivity index (χ0n) is 19.8. The Kier molecular flexibility index (Phi) is 6.97. The Labute approximate surface area is 216 Å². The number of hydrogen-bond acceptors (Lipinski definition) is 7. The normalized spacial score (nSPS) is 16.9. The summed E-state index contributed by atoms with van der Waals surface area (Å²) in [6.07, 6.45) is 0.864. The topological polar surface area (TPSA) is 144 Å². The van der Waals surface area contributed by atoms with Crippen molar-refractivity contribution in [3.8, 4) is 11.3 Å². The monoisotopic (exact) mass is 519 g/mol. The summed E-state index contributed by atoms with van der Waals surface area (Å²) in [6.45, 7) is 0.463. The van der Waals surface area contributed by atoms with Gasteiger partial charge in [-0.05, 0) is 36.6 Å². The van der Waals surface area contributed by atoms with E-state index < -0.39 is 18.0 Å². The summed E-state index contributed by atoms with van der Waals surface area (Å²) in [7, 11) is 0. The molecular formula is C26H25N5O5S. The lowest BCUT2D eigenvalue weighted by molar-refractivity contribution is -0.144. The molecule has 5 rings (SSSR count). The molecule has 1 aliphatic carbocycles. The number of nitrogens with two attached hydrogens (primary N) is 1. The number of anilines is 1. The maximum atomic E-state index is 13.0. The van der Waals surface area contributed by atoms with Gasteiger partial charge in [0.05, 0.1) is 18.7 Å². The van der Waals surface area contributed by atoms with Gasteiger partial charge in [-0.15, -0.1) is 11.3 Å². The second-order valence-corrected chi connectivity index (χ2v) is 9.72. The van der Waals surface area contributed by atoms with E-state index in [-0.39, 0.29) is 43.0 Å². The van der Waals surface area contributed by atoms with E-state index in [1.165, 1.54) is 16.2 Å². The van der Waals surface area contributed by atoms with Gasteiger partial charge in [0.15, 0.2) is 5.13 Å². The number of benzene rings is 2. The lowest BCUT2D eigenvalue weighted by Crippen LogP contribution is -2.44. The van der Waals surface area contributed by atoms with Gasteiger partial charge in [0.25, 0.3) is 11.8 Å².